The fourth-order valence-corrected chi connectivity index (χ4v) is 2.77. The lowest BCUT2D eigenvalue weighted by Gasteiger charge is -2.03. The van der Waals surface area contributed by atoms with Crippen molar-refractivity contribution >= 4 is 40.7 Å². The van der Waals surface area contributed by atoms with Crippen LogP contribution in [0.3, 0.4) is 0 Å². The number of nitrogens with one attached hydrogen (secondary N) is 1. The monoisotopic (exact) mass is 408 g/mol. The molecule has 0 spiro atoms. The molecule has 2 aromatic heterocycles. The van der Waals surface area contributed by atoms with Gasteiger partial charge in [0.15, 0.2) is 12.4 Å². The number of amides is 1. The van der Waals surface area contributed by atoms with Gasteiger partial charge in [-0.05, 0) is 29.5 Å². The third kappa shape index (κ3) is 4.63. The predicted molar refractivity (Wildman–Crippen MR) is 100 cm³/mol. The Morgan fingerprint density at radius 1 is 1.26 bits per heavy atom. The minimum absolute atomic E-state index is 0.169. The Labute approximate surface area is 163 Å². The lowest BCUT2D eigenvalue weighted by Crippen LogP contribution is -2.21. The highest BCUT2D eigenvalue weighted by Crippen LogP contribution is 2.21. The number of aromatic nitrogens is 4. The van der Waals surface area contributed by atoms with Gasteiger partial charge in [-0.2, -0.15) is 5.10 Å². The molecule has 3 rings (SSSR count). The molecule has 0 saturated carbocycles. The highest BCUT2D eigenvalue weighted by atomic mass is 35.5. The van der Waals surface area contributed by atoms with Crippen LogP contribution in [0.1, 0.15) is 11.3 Å². The fraction of sp³-hybridized carbons (Fsp3) is 0.188. The number of rotatable bonds is 6. The molecule has 2 heterocycles. The third-order valence-electron chi connectivity index (χ3n) is 3.59. The molecule has 0 fully saturated rings. The van der Waals surface area contributed by atoms with E-state index in [0.29, 0.717) is 17.3 Å². The molecule has 1 amide bonds. The maximum absolute atomic E-state index is 12.2. The molecule has 0 aliphatic rings. The highest BCUT2D eigenvalue weighted by molar-refractivity contribution is 6.33. The second kappa shape index (κ2) is 7.77. The minimum Gasteiger partial charge on any atom is -0.358 e. The van der Waals surface area contributed by atoms with Gasteiger partial charge in [-0.3, -0.25) is 9.48 Å². The lowest BCUT2D eigenvalue weighted by atomic mass is 10.2. The molecular weight excluding hydrogens is 395 g/mol. The molecule has 1 N–H and O–H groups in total. The Bertz CT molecular complexity index is 996. The number of carbonyl (C=O) groups is 1. The van der Waals surface area contributed by atoms with Gasteiger partial charge >= 0.3 is 5.82 Å². The first-order chi connectivity index (χ1) is 12.8. The van der Waals surface area contributed by atoms with Crippen molar-refractivity contribution in [1.82, 2.24) is 19.6 Å². The van der Waals surface area contributed by atoms with Crippen LogP contribution in [0.25, 0.3) is 0 Å². The van der Waals surface area contributed by atoms with Crippen molar-refractivity contribution < 1.29 is 9.72 Å². The summed E-state index contributed by atoms with van der Waals surface area (Å²) in [5.41, 5.74) is 1.40. The zero-order valence-electron chi connectivity index (χ0n) is 14.1. The molecule has 0 radical (unpaired) electrons. The van der Waals surface area contributed by atoms with E-state index in [4.69, 9.17) is 23.2 Å². The van der Waals surface area contributed by atoms with Crippen LogP contribution in [-0.4, -0.2) is 30.4 Å². The smallest absolute Gasteiger partial charge is 0.345 e. The van der Waals surface area contributed by atoms with Crippen molar-refractivity contribution in [2.24, 2.45) is 0 Å². The molecule has 3 aromatic rings. The molecule has 0 bridgehead atoms. The van der Waals surface area contributed by atoms with Gasteiger partial charge in [-0.1, -0.05) is 40.4 Å². The van der Waals surface area contributed by atoms with E-state index < -0.39 is 10.8 Å². The average Bonchev–Trinajstić information content (AvgIpc) is 3.12. The first-order valence-electron chi connectivity index (χ1n) is 7.78. The quantitative estimate of drug-likeness (QED) is 0.497. The van der Waals surface area contributed by atoms with Gasteiger partial charge in [-0.15, -0.1) is 4.68 Å². The van der Waals surface area contributed by atoms with Gasteiger partial charge in [-0.25, -0.2) is 0 Å². The van der Waals surface area contributed by atoms with Crippen molar-refractivity contribution in [3.05, 3.63) is 67.9 Å². The summed E-state index contributed by atoms with van der Waals surface area (Å²) in [5, 5.41) is 22.6. The van der Waals surface area contributed by atoms with Crippen molar-refractivity contribution in [3.63, 3.8) is 0 Å². The first kappa shape index (κ1) is 18.9. The van der Waals surface area contributed by atoms with E-state index in [1.54, 1.807) is 29.9 Å². The first-order valence-corrected chi connectivity index (χ1v) is 8.53. The van der Waals surface area contributed by atoms with Crippen molar-refractivity contribution in [3.8, 4) is 0 Å². The number of anilines is 1. The van der Waals surface area contributed by atoms with Crippen molar-refractivity contribution in [2.75, 3.05) is 5.32 Å². The van der Waals surface area contributed by atoms with Crippen molar-refractivity contribution in [2.45, 2.75) is 20.0 Å². The minimum atomic E-state index is -0.596. The molecule has 27 heavy (non-hydrogen) atoms. The molecule has 0 aliphatic heterocycles. The Balaban J connectivity index is 1.69. The Hall–Kier alpha value is -2.91. The van der Waals surface area contributed by atoms with Crippen LogP contribution < -0.4 is 5.32 Å². The van der Waals surface area contributed by atoms with E-state index >= 15 is 0 Å². The predicted octanol–water partition coefficient (Wildman–Crippen LogP) is 3.29. The summed E-state index contributed by atoms with van der Waals surface area (Å²) in [7, 11) is 0. The maximum atomic E-state index is 12.2. The summed E-state index contributed by atoms with van der Waals surface area (Å²) in [6, 6.07) is 8.54. The Morgan fingerprint density at radius 2 is 1.96 bits per heavy atom. The van der Waals surface area contributed by atoms with Gasteiger partial charge < -0.3 is 15.4 Å². The maximum Gasteiger partial charge on any atom is 0.345 e. The van der Waals surface area contributed by atoms with Gasteiger partial charge in [0.2, 0.25) is 0 Å². The number of hydrogen-bond acceptors (Lipinski definition) is 5. The van der Waals surface area contributed by atoms with Crippen LogP contribution in [0.15, 0.2) is 36.5 Å². The number of nitro groups is 1. The van der Waals surface area contributed by atoms with E-state index in [-0.39, 0.29) is 23.2 Å². The second-order valence-corrected chi connectivity index (χ2v) is 6.60. The van der Waals surface area contributed by atoms with Crippen molar-refractivity contribution in [1.29, 1.82) is 0 Å². The van der Waals surface area contributed by atoms with E-state index in [1.165, 1.54) is 6.07 Å². The second-order valence-electron chi connectivity index (χ2n) is 5.76. The molecule has 0 aliphatic carbocycles. The Morgan fingerprint density at radius 3 is 2.63 bits per heavy atom. The molecule has 0 atom stereocenters. The largest absolute Gasteiger partial charge is 0.358 e. The van der Waals surface area contributed by atoms with Gasteiger partial charge in [0.05, 0.1) is 18.3 Å². The fourth-order valence-electron chi connectivity index (χ4n) is 2.44. The third-order valence-corrected chi connectivity index (χ3v) is 4.12. The normalized spacial score (nSPS) is 10.8. The van der Waals surface area contributed by atoms with Crippen LogP contribution in [0.2, 0.25) is 10.0 Å². The number of carbonyl (C=O) groups excluding carboxylic acids is 1. The van der Waals surface area contributed by atoms with Crippen LogP contribution in [-0.2, 0) is 17.9 Å². The topological polar surface area (TPSA) is 108 Å². The van der Waals surface area contributed by atoms with E-state index in [0.717, 1.165) is 10.2 Å². The van der Waals surface area contributed by atoms with Crippen LogP contribution in [0.4, 0.5) is 11.6 Å². The highest BCUT2D eigenvalue weighted by Gasteiger charge is 2.20. The van der Waals surface area contributed by atoms with E-state index in [1.807, 2.05) is 12.1 Å². The average molecular weight is 409 g/mol. The summed E-state index contributed by atoms with van der Waals surface area (Å²) < 4.78 is 2.59. The zero-order chi connectivity index (χ0) is 19.6. The van der Waals surface area contributed by atoms with Crippen LogP contribution in [0, 0.1) is 17.0 Å². The molecular formula is C16H14Cl2N6O3. The molecule has 140 valence electrons. The molecule has 11 heteroatoms. The summed E-state index contributed by atoms with van der Waals surface area (Å²) in [4.78, 5) is 22.6. The van der Waals surface area contributed by atoms with Crippen LogP contribution >= 0.6 is 23.2 Å². The zero-order valence-corrected chi connectivity index (χ0v) is 15.6. The Kier molecular flexibility index (Phi) is 5.43. The summed E-state index contributed by atoms with van der Waals surface area (Å²) in [6.45, 7) is 1.72. The number of aryl methyl sites for hydroxylation is 1. The summed E-state index contributed by atoms with van der Waals surface area (Å²) >= 11 is 12.0. The van der Waals surface area contributed by atoms with Gasteiger partial charge in [0, 0.05) is 11.2 Å². The van der Waals surface area contributed by atoms with E-state index in [2.05, 4.69) is 15.5 Å². The molecule has 0 unspecified atom stereocenters. The number of halogens is 2. The number of benzene rings is 1. The standard InChI is InChI=1S/C16H14Cl2N6O3/c1-10-6-15(24(26)27)23(20-10)9-14(25)19-16-13(18)8-22(21-16)7-11-2-4-12(17)5-3-11/h2-6,8H,7,9H2,1H3,(H,19,21,25). The molecule has 1 aromatic carbocycles. The molecule has 9 nitrogen and oxygen atoms in total. The SMILES string of the molecule is Cc1cc([N+](=O)[O-])n(CC(=O)Nc2nn(Cc3ccc(Cl)cc3)cc2Cl)n1. The summed E-state index contributed by atoms with van der Waals surface area (Å²) in [5.74, 6) is -0.621. The van der Waals surface area contributed by atoms with Gasteiger partial charge in [0.25, 0.3) is 5.91 Å². The van der Waals surface area contributed by atoms with Crippen LogP contribution in [0.5, 0.6) is 0 Å². The lowest BCUT2D eigenvalue weighted by molar-refractivity contribution is -0.392. The van der Waals surface area contributed by atoms with Gasteiger partial charge in [0.1, 0.15) is 5.02 Å². The number of hydrogen-bond donors (Lipinski definition) is 1. The molecule has 0 saturated heterocycles. The van der Waals surface area contributed by atoms with E-state index in [9.17, 15) is 14.9 Å². The summed E-state index contributed by atoms with van der Waals surface area (Å²) in [6.07, 6.45) is 1.58. The number of nitrogens with zero attached hydrogens (tertiary/aromatic N) is 5.